The first-order chi connectivity index (χ1) is 10.2. The molecule has 0 unspecified atom stereocenters. The lowest BCUT2D eigenvalue weighted by molar-refractivity contribution is 0.0665. The molecule has 2 aliphatic rings. The number of nitrogens with one attached hydrogen (secondary N) is 1. The van der Waals surface area contributed by atoms with E-state index in [1.165, 1.54) is 12.8 Å². The van der Waals surface area contributed by atoms with Gasteiger partial charge in [0.1, 0.15) is 11.5 Å². The smallest absolute Gasteiger partial charge is 0.272 e. The van der Waals surface area contributed by atoms with Gasteiger partial charge in [-0.2, -0.15) is 0 Å². The van der Waals surface area contributed by atoms with Gasteiger partial charge in [0.15, 0.2) is 0 Å². The Morgan fingerprint density at radius 1 is 1.48 bits per heavy atom. The number of methoxy groups -OCH3 is 1. The maximum Gasteiger partial charge on any atom is 0.272 e. The highest BCUT2D eigenvalue weighted by atomic mass is 16.5. The first kappa shape index (κ1) is 14.5. The van der Waals surface area contributed by atoms with Crippen molar-refractivity contribution >= 4 is 5.91 Å². The average Bonchev–Trinajstić information content (AvgIpc) is 3.19. The summed E-state index contributed by atoms with van der Waals surface area (Å²) in [7, 11) is 1.73. The molecule has 6 heteroatoms. The van der Waals surface area contributed by atoms with E-state index in [2.05, 4.69) is 14.9 Å². The number of carbonyl (C=O) groups is 1. The number of likely N-dealkylation sites (tertiary alicyclic amines) is 2. The third-order valence-electron chi connectivity index (χ3n) is 4.57. The molecular formula is C15H24N4O2. The normalized spacial score (nSPS) is 26.7. The molecule has 0 aromatic carbocycles. The summed E-state index contributed by atoms with van der Waals surface area (Å²) in [5, 5.41) is 0. The molecule has 0 aliphatic carbocycles. The van der Waals surface area contributed by atoms with Gasteiger partial charge < -0.3 is 19.5 Å². The Morgan fingerprint density at radius 2 is 2.24 bits per heavy atom. The Kier molecular flexibility index (Phi) is 4.26. The number of nitrogens with zero attached hydrogens (tertiary/aromatic N) is 3. The highest BCUT2D eigenvalue weighted by Gasteiger charge is 2.37. The first-order valence-corrected chi connectivity index (χ1v) is 7.75. The molecule has 2 saturated heterocycles. The lowest BCUT2D eigenvalue weighted by atomic mass is 10.2. The second-order valence-corrected chi connectivity index (χ2v) is 6.09. The number of H-pyrrole nitrogens is 1. The first-order valence-electron chi connectivity index (χ1n) is 7.75. The summed E-state index contributed by atoms with van der Waals surface area (Å²) in [6.45, 7) is 5.80. The molecule has 3 rings (SSSR count). The minimum atomic E-state index is 0.0411. The van der Waals surface area contributed by atoms with Crippen LogP contribution in [-0.2, 0) is 4.74 Å². The van der Waals surface area contributed by atoms with Crippen LogP contribution in [0, 0.1) is 6.92 Å². The number of aromatic amines is 1. The minimum absolute atomic E-state index is 0.0411. The van der Waals surface area contributed by atoms with E-state index in [0.29, 0.717) is 12.2 Å². The van der Waals surface area contributed by atoms with Crippen LogP contribution in [0.1, 0.15) is 35.6 Å². The zero-order valence-corrected chi connectivity index (χ0v) is 12.8. The van der Waals surface area contributed by atoms with E-state index in [1.54, 1.807) is 13.3 Å². The monoisotopic (exact) mass is 292 g/mol. The van der Waals surface area contributed by atoms with Crippen LogP contribution < -0.4 is 0 Å². The third kappa shape index (κ3) is 3.11. The van der Waals surface area contributed by atoms with Crippen molar-refractivity contribution in [3.63, 3.8) is 0 Å². The fraction of sp³-hybridized carbons (Fsp3) is 0.733. The molecule has 3 heterocycles. The molecule has 0 radical (unpaired) electrons. The molecule has 1 aromatic rings. The van der Waals surface area contributed by atoms with Gasteiger partial charge in [-0.1, -0.05) is 0 Å². The number of ether oxygens (including phenoxy) is 1. The third-order valence-corrected chi connectivity index (χ3v) is 4.57. The predicted octanol–water partition coefficient (Wildman–Crippen LogP) is 1.04. The Labute approximate surface area is 125 Å². The van der Waals surface area contributed by atoms with Gasteiger partial charge >= 0.3 is 0 Å². The molecule has 1 amide bonds. The van der Waals surface area contributed by atoms with Crippen molar-refractivity contribution in [3.8, 4) is 0 Å². The Hall–Kier alpha value is -1.40. The van der Waals surface area contributed by atoms with Crippen molar-refractivity contribution in [2.45, 2.75) is 38.3 Å². The summed E-state index contributed by atoms with van der Waals surface area (Å²) < 4.78 is 5.49. The van der Waals surface area contributed by atoms with Gasteiger partial charge in [0, 0.05) is 26.2 Å². The number of imidazole rings is 1. The Morgan fingerprint density at radius 3 is 2.86 bits per heavy atom. The van der Waals surface area contributed by atoms with E-state index in [0.717, 1.165) is 31.9 Å². The maximum absolute atomic E-state index is 12.7. The van der Waals surface area contributed by atoms with E-state index in [9.17, 15) is 4.79 Å². The van der Waals surface area contributed by atoms with E-state index in [4.69, 9.17) is 4.74 Å². The van der Waals surface area contributed by atoms with E-state index in [-0.39, 0.29) is 18.1 Å². The van der Waals surface area contributed by atoms with Crippen LogP contribution in [0.2, 0.25) is 0 Å². The average molecular weight is 292 g/mol. The highest BCUT2D eigenvalue weighted by Crippen LogP contribution is 2.24. The molecule has 6 nitrogen and oxygen atoms in total. The summed E-state index contributed by atoms with van der Waals surface area (Å²) in [4.78, 5) is 24.3. The fourth-order valence-corrected chi connectivity index (χ4v) is 3.41. The molecule has 0 spiro atoms. The molecule has 21 heavy (non-hydrogen) atoms. The lowest BCUT2D eigenvalue weighted by Gasteiger charge is -2.27. The molecular weight excluding hydrogens is 268 g/mol. The zero-order valence-electron chi connectivity index (χ0n) is 12.8. The fourth-order valence-electron chi connectivity index (χ4n) is 3.41. The number of hydrogen-bond donors (Lipinski definition) is 1. The van der Waals surface area contributed by atoms with Gasteiger partial charge in [-0.05, 0) is 39.3 Å². The summed E-state index contributed by atoms with van der Waals surface area (Å²) in [5.41, 5.74) is 0.579. The molecule has 1 aromatic heterocycles. The van der Waals surface area contributed by atoms with Gasteiger partial charge in [-0.25, -0.2) is 4.98 Å². The lowest BCUT2D eigenvalue weighted by Crippen LogP contribution is -2.42. The van der Waals surface area contributed by atoms with Crippen LogP contribution in [-0.4, -0.2) is 71.1 Å². The van der Waals surface area contributed by atoms with Crippen molar-refractivity contribution in [2.24, 2.45) is 0 Å². The van der Waals surface area contributed by atoms with Crippen LogP contribution >= 0.6 is 0 Å². The molecule has 2 fully saturated rings. The number of hydrogen-bond acceptors (Lipinski definition) is 4. The summed E-state index contributed by atoms with van der Waals surface area (Å²) in [5.74, 6) is 0.816. The van der Waals surface area contributed by atoms with Crippen molar-refractivity contribution in [3.05, 3.63) is 17.7 Å². The molecule has 0 saturated carbocycles. The van der Waals surface area contributed by atoms with Gasteiger partial charge in [0.05, 0.1) is 12.3 Å². The van der Waals surface area contributed by atoms with Crippen LogP contribution in [0.4, 0.5) is 0 Å². The standard InChI is InChI=1S/C15H24N4O2/c1-11-16-8-14(17-11)15(20)19-10-13(21-2)7-12(19)9-18-5-3-4-6-18/h8,12-13H,3-7,9-10H2,1-2H3,(H,16,17)/t12-,13-/m0/s1. The molecule has 116 valence electrons. The number of rotatable bonds is 4. The highest BCUT2D eigenvalue weighted by molar-refractivity contribution is 5.92. The zero-order chi connectivity index (χ0) is 14.8. The van der Waals surface area contributed by atoms with E-state index in [1.807, 2.05) is 11.8 Å². The second kappa shape index (κ2) is 6.15. The molecule has 1 N–H and O–H groups in total. The summed E-state index contributed by atoms with van der Waals surface area (Å²) in [6.07, 6.45) is 5.24. The van der Waals surface area contributed by atoms with E-state index < -0.39 is 0 Å². The van der Waals surface area contributed by atoms with Crippen LogP contribution in [0.5, 0.6) is 0 Å². The SMILES string of the molecule is CO[C@H]1C[C@@H](CN2CCCC2)N(C(=O)c2cnc(C)[nH]2)C1. The van der Waals surface area contributed by atoms with Gasteiger partial charge in [0.25, 0.3) is 5.91 Å². The van der Waals surface area contributed by atoms with Gasteiger partial charge in [0.2, 0.25) is 0 Å². The summed E-state index contributed by atoms with van der Waals surface area (Å²) >= 11 is 0. The molecule has 2 atom stereocenters. The minimum Gasteiger partial charge on any atom is -0.380 e. The second-order valence-electron chi connectivity index (χ2n) is 6.09. The molecule has 0 bridgehead atoms. The van der Waals surface area contributed by atoms with Crippen molar-refractivity contribution in [1.82, 2.24) is 19.8 Å². The Balaban J connectivity index is 1.71. The van der Waals surface area contributed by atoms with Gasteiger partial charge in [-0.3, -0.25) is 4.79 Å². The van der Waals surface area contributed by atoms with Crippen molar-refractivity contribution in [1.29, 1.82) is 0 Å². The van der Waals surface area contributed by atoms with Crippen LogP contribution in [0.25, 0.3) is 0 Å². The number of aromatic nitrogens is 2. The summed E-state index contributed by atoms with van der Waals surface area (Å²) in [6, 6.07) is 0.240. The number of aryl methyl sites for hydroxylation is 1. The Bertz CT molecular complexity index is 496. The van der Waals surface area contributed by atoms with Crippen molar-refractivity contribution < 1.29 is 9.53 Å². The predicted molar refractivity (Wildman–Crippen MR) is 79.2 cm³/mol. The largest absolute Gasteiger partial charge is 0.380 e. The van der Waals surface area contributed by atoms with Crippen LogP contribution in [0.15, 0.2) is 6.20 Å². The quantitative estimate of drug-likeness (QED) is 0.901. The number of carbonyl (C=O) groups excluding carboxylic acids is 1. The van der Waals surface area contributed by atoms with Crippen LogP contribution in [0.3, 0.4) is 0 Å². The van der Waals surface area contributed by atoms with E-state index >= 15 is 0 Å². The van der Waals surface area contributed by atoms with Gasteiger partial charge in [-0.15, -0.1) is 0 Å². The topological polar surface area (TPSA) is 61.5 Å². The van der Waals surface area contributed by atoms with Crippen molar-refractivity contribution in [2.75, 3.05) is 33.3 Å². The maximum atomic E-state index is 12.7. The number of amides is 1. The molecule has 2 aliphatic heterocycles.